The Hall–Kier alpha value is -3.82. The zero-order valence-corrected chi connectivity index (χ0v) is 20.9. The number of carbonyl (C=O) groups excluding carboxylic acids is 2. The van der Waals surface area contributed by atoms with Gasteiger partial charge in [0.2, 0.25) is 0 Å². The summed E-state index contributed by atoms with van der Waals surface area (Å²) in [6.07, 6.45) is 1.31. The van der Waals surface area contributed by atoms with E-state index in [9.17, 15) is 9.59 Å². The summed E-state index contributed by atoms with van der Waals surface area (Å²) in [6.45, 7) is 8.59. The van der Waals surface area contributed by atoms with Gasteiger partial charge in [0.05, 0.1) is 19.9 Å². The average Bonchev–Trinajstić information content (AvgIpc) is 3.26. The van der Waals surface area contributed by atoms with E-state index < -0.39 is 5.60 Å². The third kappa shape index (κ3) is 5.01. The zero-order valence-electron chi connectivity index (χ0n) is 20.9. The Labute approximate surface area is 204 Å². The molecule has 0 unspecified atom stereocenters. The first-order chi connectivity index (χ1) is 16.6. The second-order valence-electron chi connectivity index (χ2n) is 9.47. The molecule has 2 aromatic heterocycles. The number of ether oxygens (including phenoxy) is 3. The summed E-state index contributed by atoms with van der Waals surface area (Å²) in [5.41, 5.74) is 1.89. The molecule has 1 aromatic carbocycles. The molecule has 0 aliphatic carbocycles. The van der Waals surface area contributed by atoms with E-state index in [1.165, 1.54) is 0 Å². The molecule has 186 valence electrons. The number of hydrogen-bond acceptors (Lipinski definition) is 7. The van der Waals surface area contributed by atoms with Crippen LogP contribution in [0, 0.1) is 0 Å². The van der Waals surface area contributed by atoms with Gasteiger partial charge < -0.3 is 24.0 Å². The highest BCUT2D eigenvalue weighted by Crippen LogP contribution is 2.32. The fourth-order valence-corrected chi connectivity index (χ4v) is 4.11. The van der Waals surface area contributed by atoms with E-state index in [0.29, 0.717) is 42.5 Å². The number of carbonyl (C=O) groups is 2. The molecule has 35 heavy (non-hydrogen) atoms. The Morgan fingerprint density at radius 2 is 1.77 bits per heavy atom. The zero-order chi connectivity index (χ0) is 25.3. The van der Waals surface area contributed by atoms with Gasteiger partial charge in [-0.15, -0.1) is 0 Å². The van der Waals surface area contributed by atoms with Gasteiger partial charge in [0, 0.05) is 43.5 Å². The Morgan fingerprint density at radius 1 is 1.03 bits per heavy atom. The van der Waals surface area contributed by atoms with E-state index in [4.69, 9.17) is 14.2 Å². The lowest BCUT2D eigenvalue weighted by Crippen LogP contribution is -2.56. The van der Waals surface area contributed by atoms with E-state index >= 15 is 0 Å². The molecule has 0 saturated carbocycles. The van der Waals surface area contributed by atoms with Crippen LogP contribution >= 0.6 is 0 Å². The molecule has 4 rings (SSSR count). The van der Waals surface area contributed by atoms with Gasteiger partial charge in [0.15, 0.2) is 22.8 Å². The van der Waals surface area contributed by atoms with E-state index in [0.717, 1.165) is 11.3 Å². The fourth-order valence-electron chi connectivity index (χ4n) is 4.11. The van der Waals surface area contributed by atoms with Crippen molar-refractivity contribution in [3.05, 3.63) is 42.2 Å². The van der Waals surface area contributed by atoms with Crippen LogP contribution in [0.2, 0.25) is 0 Å². The molecular formula is C25H31N5O5. The first-order valence-electron chi connectivity index (χ1n) is 11.5. The van der Waals surface area contributed by atoms with Crippen LogP contribution in [-0.2, 0) is 4.74 Å². The van der Waals surface area contributed by atoms with Crippen LogP contribution < -0.4 is 9.47 Å². The van der Waals surface area contributed by atoms with Crippen molar-refractivity contribution in [3.63, 3.8) is 0 Å². The van der Waals surface area contributed by atoms with Gasteiger partial charge in [0.25, 0.3) is 5.91 Å². The standard InChI is InChI=1S/C25H31N5O5/c1-16-15-28(11-12-29(16)24(32)35-25(2,3)4)23(31)18-14-22-26-10-9-19(30(22)27-18)17-7-8-20(33-5)21(13-17)34-6/h7-10,13-14,16H,11-12,15H2,1-6H3/t16-/m0/s1. The smallest absolute Gasteiger partial charge is 0.410 e. The summed E-state index contributed by atoms with van der Waals surface area (Å²) in [7, 11) is 3.17. The maximum Gasteiger partial charge on any atom is 0.410 e. The summed E-state index contributed by atoms with van der Waals surface area (Å²) in [5.74, 6) is 1.01. The Balaban J connectivity index is 1.56. The van der Waals surface area contributed by atoms with Gasteiger partial charge in [-0.3, -0.25) is 4.79 Å². The molecule has 2 amide bonds. The molecule has 3 heterocycles. The van der Waals surface area contributed by atoms with E-state index in [1.54, 1.807) is 40.8 Å². The predicted octanol–water partition coefficient (Wildman–Crippen LogP) is 3.49. The number of benzene rings is 1. The van der Waals surface area contributed by atoms with Crippen LogP contribution in [0.15, 0.2) is 36.5 Å². The summed E-state index contributed by atoms with van der Waals surface area (Å²) >= 11 is 0. The number of methoxy groups -OCH3 is 2. The SMILES string of the molecule is COc1ccc(-c2ccnc3cc(C(=O)N4CCN(C(=O)OC(C)(C)C)[C@@H](C)C4)nn23)cc1OC. The Morgan fingerprint density at radius 3 is 2.43 bits per heavy atom. The number of aromatic nitrogens is 3. The van der Waals surface area contributed by atoms with Crippen molar-refractivity contribution < 1.29 is 23.8 Å². The van der Waals surface area contributed by atoms with E-state index in [2.05, 4.69) is 10.1 Å². The molecular weight excluding hydrogens is 450 g/mol. The number of piperazine rings is 1. The van der Waals surface area contributed by atoms with Crippen LogP contribution in [0.5, 0.6) is 11.5 Å². The Bertz CT molecular complexity index is 1250. The molecule has 10 nitrogen and oxygen atoms in total. The summed E-state index contributed by atoms with van der Waals surface area (Å²) < 4.78 is 17.9. The molecule has 0 radical (unpaired) electrons. The fraction of sp³-hybridized carbons (Fsp3) is 0.440. The molecule has 0 N–H and O–H groups in total. The van der Waals surface area contributed by atoms with Crippen molar-refractivity contribution in [1.82, 2.24) is 24.4 Å². The molecule has 1 atom stereocenters. The number of fused-ring (bicyclic) bond motifs is 1. The van der Waals surface area contributed by atoms with Crippen molar-refractivity contribution in [3.8, 4) is 22.8 Å². The summed E-state index contributed by atoms with van der Waals surface area (Å²) in [4.78, 5) is 33.6. The van der Waals surface area contributed by atoms with Gasteiger partial charge in [-0.1, -0.05) is 0 Å². The monoisotopic (exact) mass is 481 g/mol. The first kappa shape index (κ1) is 24.3. The topological polar surface area (TPSA) is 98.5 Å². The lowest BCUT2D eigenvalue weighted by atomic mass is 10.1. The third-order valence-electron chi connectivity index (χ3n) is 5.80. The maximum absolute atomic E-state index is 13.3. The second-order valence-corrected chi connectivity index (χ2v) is 9.47. The molecule has 10 heteroatoms. The van der Waals surface area contributed by atoms with Gasteiger partial charge >= 0.3 is 6.09 Å². The first-order valence-corrected chi connectivity index (χ1v) is 11.5. The highest BCUT2D eigenvalue weighted by molar-refractivity contribution is 5.93. The van der Waals surface area contributed by atoms with Gasteiger partial charge in [-0.2, -0.15) is 5.10 Å². The van der Waals surface area contributed by atoms with Crippen molar-refractivity contribution in [2.24, 2.45) is 0 Å². The summed E-state index contributed by atoms with van der Waals surface area (Å²) in [6, 6.07) is 8.90. The predicted molar refractivity (Wildman–Crippen MR) is 130 cm³/mol. The molecule has 1 aliphatic rings. The molecule has 1 aliphatic heterocycles. The minimum atomic E-state index is -0.571. The van der Waals surface area contributed by atoms with Crippen LogP contribution in [-0.4, -0.2) is 81.9 Å². The minimum Gasteiger partial charge on any atom is -0.493 e. The lowest BCUT2D eigenvalue weighted by molar-refractivity contribution is 0.00189. The van der Waals surface area contributed by atoms with Crippen molar-refractivity contribution in [1.29, 1.82) is 0 Å². The van der Waals surface area contributed by atoms with Crippen LogP contribution in [0.25, 0.3) is 16.9 Å². The van der Waals surface area contributed by atoms with Crippen LogP contribution in [0.4, 0.5) is 4.79 Å². The molecule has 1 saturated heterocycles. The quantitative estimate of drug-likeness (QED) is 0.562. The minimum absolute atomic E-state index is 0.181. The number of nitrogens with zero attached hydrogens (tertiary/aromatic N) is 5. The van der Waals surface area contributed by atoms with Gasteiger partial charge in [-0.05, 0) is 52.0 Å². The van der Waals surface area contributed by atoms with Gasteiger partial charge in [0.1, 0.15) is 5.60 Å². The number of hydrogen-bond donors (Lipinski definition) is 0. The van der Waals surface area contributed by atoms with Gasteiger partial charge in [-0.25, -0.2) is 14.3 Å². The van der Waals surface area contributed by atoms with E-state index in [-0.39, 0.29) is 18.0 Å². The average molecular weight is 482 g/mol. The number of amides is 2. The normalized spacial score (nSPS) is 16.3. The molecule has 1 fully saturated rings. The van der Waals surface area contributed by atoms with Crippen molar-refractivity contribution in [2.45, 2.75) is 39.3 Å². The summed E-state index contributed by atoms with van der Waals surface area (Å²) in [5, 5.41) is 4.58. The van der Waals surface area contributed by atoms with Crippen molar-refractivity contribution >= 4 is 17.6 Å². The van der Waals surface area contributed by atoms with Crippen LogP contribution in [0.3, 0.4) is 0 Å². The second kappa shape index (κ2) is 9.44. The largest absolute Gasteiger partial charge is 0.493 e. The maximum atomic E-state index is 13.3. The lowest BCUT2D eigenvalue weighted by Gasteiger charge is -2.39. The highest BCUT2D eigenvalue weighted by atomic mass is 16.6. The molecule has 0 spiro atoms. The number of rotatable bonds is 4. The third-order valence-corrected chi connectivity index (χ3v) is 5.80. The molecule has 3 aromatic rings. The highest BCUT2D eigenvalue weighted by Gasteiger charge is 2.33. The Kier molecular flexibility index (Phi) is 6.56. The van der Waals surface area contributed by atoms with E-state index in [1.807, 2.05) is 52.0 Å². The van der Waals surface area contributed by atoms with Crippen LogP contribution in [0.1, 0.15) is 38.2 Å². The van der Waals surface area contributed by atoms with Crippen molar-refractivity contribution in [2.75, 3.05) is 33.9 Å². The molecule has 0 bridgehead atoms.